The van der Waals surface area contributed by atoms with Crippen molar-refractivity contribution in [2.45, 2.75) is 47.0 Å². The van der Waals surface area contributed by atoms with Crippen LogP contribution in [-0.4, -0.2) is 5.97 Å². The van der Waals surface area contributed by atoms with Crippen LogP contribution in [0.25, 0.3) is 0 Å². The average molecular weight is 208 g/mol. The zero-order valence-electron chi connectivity index (χ0n) is 10.1. The van der Waals surface area contributed by atoms with E-state index in [0.29, 0.717) is 0 Å². The number of hydrogen-bond acceptors (Lipinski definition) is 2. The number of allylic oxidation sites excluding steroid dienone is 3. The topological polar surface area (TPSA) is 26.3 Å². The standard InChI is InChI=1S/C13H20O2/c1-10-6-5-8-13(3,4)12(10)7-9-15-11(2)14/h7,9H,5-6,8H2,1-4H3/b9-7+. The SMILES string of the molecule is CC(=O)O/C=C/C1=C(C)CCCC1(C)C. The van der Waals surface area contributed by atoms with Gasteiger partial charge in [0, 0.05) is 6.92 Å². The number of rotatable bonds is 2. The first-order valence-electron chi connectivity index (χ1n) is 5.47. The van der Waals surface area contributed by atoms with Gasteiger partial charge in [0.1, 0.15) is 0 Å². The monoisotopic (exact) mass is 208 g/mol. The van der Waals surface area contributed by atoms with Crippen molar-refractivity contribution in [3.63, 3.8) is 0 Å². The fourth-order valence-corrected chi connectivity index (χ4v) is 2.21. The number of carbonyl (C=O) groups is 1. The van der Waals surface area contributed by atoms with E-state index in [-0.39, 0.29) is 11.4 Å². The molecule has 0 radical (unpaired) electrons. The molecule has 0 unspecified atom stereocenters. The molecule has 0 aromatic heterocycles. The second kappa shape index (κ2) is 4.65. The predicted octanol–water partition coefficient (Wildman–Crippen LogP) is 3.59. The molecule has 0 saturated carbocycles. The van der Waals surface area contributed by atoms with Crippen LogP contribution in [0.15, 0.2) is 23.5 Å². The fourth-order valence-electron chi connectivity index (χ4n) is 2.21. The highest BCUT2D eigenvalue weighted by molar-refractivity contribution is 5.66. The largest absolute Gasteiger partial charge is 0.435 e. The molecule has 0 heterocycles. The summed E-state index contributed by atoms with van der Waals surface area (Å²) in [6.07, 6.45) is 7.06. The molecule has 2 heteroatoms. The molecule has 0 amide bonds. The molecule has 0 N–H and O–H groups in total. The lowest BCUT2D eigenvalue weighted by Crippen LogP contribution is -2.19. The van der Waals surface area contributed by atoms with Crippen molar-refractivity contribution in [3.8, 4) is 0 Å². The summed E-state index contributed by atoms with van der Waals surface area (Å²) in [5, 5.41) is 0. The van der Waals surface area contributed by atoms with E-state index in [9.17, 15) is 4.79 Å². The van der Waals surface area contributed by atoms with E-state index in [4.69, 9.17) is 4.74 Å². The Bertz CT molecular complexity index is 308. The lowest BCUT2D eigenvalue weighted by atomic mass is 9.73. The maximum atomic E-state index is 10.6. The molecule has 84 valence electrons. The Morgan fingerprint density at radius 2 is 2.13 bits per heavy atom. The molecule has 0 fully saturated rings. The van der Waals surface area contributed by atoms with Gasteiger partial charge in [0.15, 0.2) is 0 Å². The third-order valence-corrected chi connectivity index (χ3v) is 3.01. The van der Waals surface area contributed by atoms with Crippen LogP contribution in [0.2, 0.25) is 0 Å². The highest BCUT2D eigenvalue weighted by Gasteiger charge is 2.26. The molecule has 0 spiro atoms. The van der Waals surface area contributed by atoms with Crippen molar-refractivity contribution in [2.75, 3.05) is 0 Å². The predicted molar refractivity (Wildman–Crippen MR) is 61.2 cm³/mol. The Kier molecular flexibility index (Phi) is 3.72. The molecule has 0 bridgehead atoms. The van der Waals surface area contributed by atoms with Crippen molar-refractivity contribution in [2.24, 2.45) is 5.41 Å². The molecule has 0 aromatic carbocycles. The molecular formula is C13H20O2. The number of hydrogen-bond donors (Lipinski definition) is 0. The van der Waals surface area contributed by atoms with E-state index in [1.807, 2.05) is 6.08 Å². The summed E-state index contributed by atoms with van der Waals surface area (Å²) in [5.74, 6) is -0.266. The molecule has 0 atom stereocenters. The van der Waals surface area contributed by atoms with Gasteiger partial charge in [-0.2, -0.15) is 0 Å². The van der Waals surface area contributed by atoms with Gasteiger partial charge in [0.25, 0.3) is 0 Å². The van der Waals surface area contributed by atoms with Crippen molar-refractivity contribution < 1.29 is 9.53 Å². The quantitative estimate of drug-likeness (QED) is 0.512. The summed E-state index contributed by atoms with van der Waals surface area (Å²) in [5.41, 5.74) is 2.93. The summed E-state index contributed by atoms with van der Waals surface area (Å²) in [7, 11) is 0. The van der Waals surface area contributed by atoms with Gasteiger partial charge in [-0.15, -0.1) is 0 Å². The fraction of sp³-hybridized carbons (Fsp3) is 0.615. The second-order valence-corrected chi connectivity index (χ2v) is 4.84. The van der Waals surface area contributed by atoms with Gasteiger partial charge in [-0.05, 0) is 43.3 Å². The minimum Gasteiger partial charge on any atom is -0.435 e. The first kappa shape index (κ1) is 12.0. The number of esters is 1. The van der Waals surface area contributed by atoms with Crippen LogP contribution in [-0.2, 0) is 9.53 Å². The normalized spacial score (nSPS) is 20.8. The lowest BCUT2D eigenvalue weighted by molar-refractivity contribution is -0.135. The van der Waals surface area contributed by atoms with E-state index in [1.54, 1.807) is 0 Å². The Balaban J connectivity index is 2.80. The smallest absolute Gasteiger partial charge is 0.307 e. The second-order valence-electron chi connectivity index (χ2n) is 4.84. The summed E-state index contributed by atoms with van der Waals surface area (Å²) >= 11 is 0. The van der Waals surface area contributed by atoms with Gasteiger partial charge in [-0.1, -0.05) is 19.4 Å². The van der Waals surface area contributed by atoms with Crippen LogP contribution < -0.4 is 0 Å². The van der Waals surface area contributed by atoms with E-state index >= 15 is 0 Å². The third-order valence-electron chi connectivity index (χ3n) is 3.01. The van der Waals surface area contributed by atoms with Crippen molar-refractivity contribution >= 4 is 5.97 Å². The third kappa shape index (κ3) is 3.22. The molecular weight excluding hydrogens is 188 g/mol. The summed E-state index contributed by atoms with van der Waals surface area (Å²) < 4.78 is 4.83. The van der Waals surface area contributed by atoms with E-state index in [2.05, 4.69) is 20.8 Å². The summed E-state index contributed by atoms with van der Waals surface area (Å²) in [4.78, 5) is 10.6. The summed E-state index contributed by atoms with van der Waals surface area (Å²) in [6.45, 7) is 8.05. The van der Waals surface area contributed by atoms with Gasteiger partial charge in [-0.3, -0.25) is 4.79 Å². The molecule has 2 nitrogen and oxygen atoms in total. The van der Waals surface area contributed by atoms with Crippen LogP contribution in [0.3, 0.4) is 0 Å². The zero-order valence-corrected chi connectivity index (χ0v) is 10.1. The van der Waals surface area contributed by atoms with Crippen molar-refractivity contribution in [3.05, 3.63) is 23.5 Å². The van der Waals surface area contributed by atoms with Crippen LogP contribution in [0.4, 0.5) is 0 Å². The molecule has 0 aliphatic heterocycles. The van der Waals surface area contributed by atoms with Crippen molar-refractivity contribution in [1.29, 1.82) is 0 Å². The van der Waals surface area contributed by atoms with Crippen LogP contribution in [0, 0.1) is 5.41 Å². The van der Waals surface area contributed by atoms with E-state index in [1.165, 1.54) is 37.2 Å². The van der Waals surface area contributed by atoms with E-state index < -0.39 is 0 Å². The Labute approximate surface area is 92.0 Å². The Morgan fingerprint density at radius 3 is 2.67 bits per heavy atom. The molecule has 1 rings (SSSR count). The molecule has 15 heavy (non-hydrogen) atoms. The van der Waals surface area contributed by atoms with Gasteiger partial charge in [0.05, 0.1) is 6.26 Å². The highest BCUT2D eigenvalue weighted by Crippen LogP contribution is 2.40. The molecule has 1 aliphatic rings. The van der Waals surface area contributed by atoms with Gasteiger partial charge in [0.2, 0.25) is 0 Å². The van der Waals surface area contributed by atoms with Crippen LogP contribution in [0.5, 0.6) is 0 Å². The van der Waals surface area contributed by atoms with Crippen LogP contribution in [0.1, 0.15) is 47.0 Å². The molecule has 1 aliphatic carbocycles. The van der Waals surface area contributed by atoms with Gasteiger partial charge in [-0.25, -0.2) is 0 Å². The number of ether oxygens (including phenoxy) is 1. The zero-order chi connectivity index (χ0) is 11.5. The minimum absolute atomic E-state index is 0.207. The Morgan fingerprint density at radius 1 is 1.47 bits per heavy atom. The Hall–Kier alpha value is -1.05. The van der Waals surface area contributed by atoms with E-state index in [0.717, 1.165) is 6.42 Å². The molecule has 0 saturated heterocycles. The first-order chi connectivity index (χ1) is 6.93. The number of carbonyl (C=O) groups excluding carboxylic acids is 1. The van der Waals surface area contributed by atoms with Crippen LogP contribution >= 0.6 is 0 Å². The summed E-state index contributed by atoms with van der Waals surface area (Å²) in [6, 6.07) is 0. The van der Waals surface area contributed by atoms with Crippen molar-refractivity contribution in [1.82, 2.24) is 0 Å². The highest BCUT2D eigenvalue weighted by atomic mass is 16.5. The minimum atomic E-state index is -0.266. The first-order valence-corrected chi connectivity index (χ1v) is 5.47. The van der Waals surface area contributed by atoms with Gasteiger partial charge < -0.3 is 4.74 Å². The lowest BCUT2D eigenvalue weighted by Gasteiger charge is -2.32. The molecule has 0 aromatic rings. The maximum absolute atomic E-state index is 10.6. The maximum Gasteiger partial charge on any atom is 0.307 e. The average Bonchev–Trinajstić information content (AvgIpc) is 2.09. The van der Waals surface area contributed by atoms with Gasteiger partial charge >= 0.3 is 5.97 Å².